The second kappa shape index (κ2) is 2.75. The Morgan fingerprint density at radius 1 is 1.57 bits per heavy atom. The van der Waals surface area contributed by atoms with Gasteiger partial charge in [0.25, 0.3) is 0 Å². The third kappa shape index (κ3) is 1.69. The van der Waals surface area contributed by atoms with Crippen molar-refractivity contribution >= 4 is 6.21 Å². The van der Waals surface area contributed by atoms with Gasteiger partial charge in [-0.1, -0.05) is 0 Å². The third-order valence-corrected chi connectivity index (χ3v) is 0.897. The van der Waals surface area contributed by atoms with Crippen molar-refractivity contribution in [1.82, 2.24) is 0 Å². The Balaban J connectivity index is 2.20. The summed E-state index contributed by atoms with van der Waals surface area (Å²) in [5.74, 6) is 0. The first kappa shape index (κ1) is 4.78. The van der Waals surface area contributed by atoms with E-state index in [0.717, 1.165) is 19.6 Å². The van der Waals surface area contributed by atoms with Crippen molar-refractivity contribution in [3.05, 3.63) is 0 Å². The zero-order chi connectivity index (χ0) is 4.95. The number of ether oxygens (including phenoxy) is 1. The fourth-order valence-electron chi connectivity index (χ4n) is 0.538. The lowest BCUT2D eigenvalue weighted by molar-refractivity contribution is 0.177. The van der Waals surface area contributed by atoms with E-state index in [4.69, 9.17) is 4.74 Å². The van der Waals surface area contributed by atoms with E-state index in [1.165, 1.54) is 0 Å². The highest BCUT2D eigenvalue weighted by molar-refractivity contribution is 5.58. The zero-order valence-electron chi connectivity index (χ0n) is 4.26. The normalized spacial score (nSPS) is 21.7. The van der Waals surface area contributed by atoms with Crippen molar-refractivity contribution in [3.63, 3.8) is 0 Å². The first-order valence-electron chi connectivity index (χ1n) is 2.56. The van der Waals surface area contributed by atoms with Crippen molar-refractivity contribution in [1.29, 1.82) is 0 Å². The Morgan fingerprint density at radius 2 is 2.57 bits per heavy atom. The van der Waals surface area contributed by atoms with Crippen molar-refractivity contribution in [2.24, 2.45) is 4.99 Å². The summed E-state index contributed by atoms with van der Waals surface area (Å²) in [6, 6.07) is 0. The Hall–Kier alpha value is -0.370. The van der Waals surface area contributed by atoms with Crippen molar-refractivity contribution in [3.8, 4) is 0 Å². The summed E-state index contributed by atoms with van der Waals surface area (Å²) < 4.78 is 5.05. The maximum absolute atomic E-state index is 5.05. The largest absolute Gasteiger partial charge is 0.376 e. The number of nitrogens with zero attached hydrogens (tertiary/aromatic N) is 1. The van der Waals surface area contributed by atoms with E-state index in [2.05, 4.69) is 4.99 Å². The minimum Gasteiger partial charge on any atom is -0.376 e. The summed E-state index contributed by atoms with van der Waals surface area (Å²) in [6.07, 6.45) is 2.91. The van der Waals surface area contributed by atoms with Gasteiger partial charge in [0.2, 0.25) is 0 Å². The maximum Gasteiger partial charge on any atom is 0.0814 e. The highest BCUT2D eigenvalue weighted by Crippen LogP contribution is 1.86. The van der Waals surface area contributed by atoms with Gasteiger partial charge in [-0.3, -0.25) is 4.99 Å². The lowest BCUT2D eigenvalue weighted by Gasteiger charge is -1.89. The van der Waals surface area contributed by atoms with E-state index in [0.29, 0.717) is 6.61 Å². The minimum atomic E-state index is 0.708. The fraction of sp³-hybridized carbons (Fsp3) is 0.800. The summed E-state index contributed by atoms with van der Waals surface area (Å²) >= 11 is 0. The molecule has 0 radical (unpaired) electrons. The molecule has 0 unspecified atom stereocenters. The van der Waals surface area contributed by atoms with Gasteiger partial charge in [0, 0.05) is 19.4 Å². The summed E-state index contributed by atoms with van der Waals surface area (Å²) in [5.41, 5.74) is 0. The average Bonchev–Trinajstić information content (AvgIpc) is 1.90. The van der Waals surface area contributed by atoms with Crippen molar-refractivity contribution < 1.29 is 4.74 Å². The first-order chi connectivity index (χ1) is 3.50. The molecular weight excluding hydrogens is 90.1 g/mol. The second-order valence-electron chi connectivity index (χ2n) is 1.52. The molecule has 0 bridgehead atoms. The van der Waals surface area contributed by atoms with Gasteiger partial charge >= 0.3 is 0 Å². The van der Waals surface area contributed by atoms with Crippen LogP contribution in [-0.2, 0) is 4.74 Å². The summed E-state index contributed by atoms with van der Waals surface area (Å²) in [6.45, 7) is 2.53. The molecule has 40 valence electrons. The number of aliphatic imine (C=N–C) groups is 1. The molecule has 0 atom stereocenters. The Kier molecular flexibility index (Phi) is 1.88. The lowest BCUT2D eigenvalue weighted by Crippen LogP contribution is -1.92. The van der Waals surface area contributed by atoms with Gasteiger partial charge in [-0.05, 0) is 6.42 Å². The zero-order valence-corrected chi connectivity index (χ0v) is 4.26. The topological polar surface area (TPSA) is 21.6 Å². The molecular formula is C5H9NO. The van der Waals surface area contributed by atoms with Gasteiger partial charge in [-0.25, -0.2) is 0 Å². The number of hydrogen-bond donors (Lipinski definition) is 0. The molecule has 1 rings (SSSR count). The summed E-state index contributed by atoms with van der Waals surface area (Å²) in [4.78, 5) is 4.02. The van der Waals surface area contributed by atoms with Crippen LogP contribution in [0, 0.1) is 0 Å². The molecule has 0 spiro atoms. The molecule has 1 aliphatic heterocycles. The maximum atomic E-state index is 5.05. The monoisotopic (exact) mass is 99.1 g/mol. The summed E-state index contributed by atoms with van der Waals surface area (Å²) in [7, 11) is 0. The van der Waals surface area contributed by atoms with Gasteiger partial charge in [0.05, 0.1) is 6.61 Å². The smallest absolute Gasteiger partial charge is 0.0814 e. The Bertz CT molecular complexity index is 62.5. The number of rotatable bonds is 0. The van der Waals surface area contributed by atoms with E-state index in [1.807, 2.05) is 6.21 Å². The lowest BCUT2D eigenvalue weighted by atomic mass is 10.5. The average molecular weight is 99.1 g/mol. The van der Waals surface area contributed by atoms with Gasteiger partial charge in [0.1, 0.15) is 0 Å². The van der Waals surface area contributed by atoms with Crippen molar-refractivity contribution in [2.75, 3.05) is 19.8 Å². The molecule has 0 aromatic rings. The molecule has 0 amide bonds. The first-order valence-corrected chi connectivity index (χ1v) is 2.56. The van der Waals surface area contributed by atoms with Gasteiger partial charge in [0.15, 0.2) is 0 Å². The molecule has 0 saturated carbocycles. The molecule has 1 heterocycles. The SMILES string of the molecule is C1=NCCCOC1. The quantitative estimate of drug-likeness (QED) is 0.433. The van der Waals surface area contributed by atoms with Crippen LogP contribution < -0.4 is 0 Å². The van der Waals surface area contributed by atoms with Crippen LogP contribution in [-0.4, -0.2) is 26.0 Å². The predicted molar refractivity (Wildman–Crippen MR) is 28.8 cm³/mol. The summed E-state index contributed by atoms with van der Waals surface area (Å²) in [5, 5.41) is 0. The Morgan fingerprint density at radius 3 is 3.57 bits per heavy atom. The second-order valence-corrected chi connectivity index (χ2v) is 1.52. The molecule has 1 aliphatic rings. The molecule has 0 saturated heterocycles. The van der Waals surface area contributed by atoms with Crippen molar-refractivity contribution in [2.45, 2.75) is 6.42 Å². The molecule has 2 nitrogen and oxygen atoms in total. The van der Waals surface area contributed by atoms with Crippen LogP contribution in [0.1, 0.15) is 6.42 Å². The van der Waals surface area contributed by atoms with Crippen LogP contribution in [0.15, 0.2) is 4.99 Å². The van der Waals surface area contributed by atoms with E-state index >= 15 is 0 Å². The molecule has 0 fully saturated rings. The van der Waals surface area contributed by atoms with Crippen LogP contribution in [0.3, 0.4) is 0 Å². The van der Waals surface area contributed by atoms with Crippen LogP contribution in [0.4, 0.5) is 0 Å². The van der Waals surface area contributed by atoms with Crippen LogP contribution in [0.5, 0.6) is 0 Å². The van der Waals surface area contributed by atoms with Crippen LogP contribution >= 0.6 is 0 Å². The van der Waals surface area contributed by atoms with Gasteiger partial charge < -0.3 is 4.74 Å². The molecule has 0 aliphatic carbocycles. The van der Waals surface area contributed by atoms with E-state index in [-0.39, 0.29) is 0 Å². The molecule has 2 heteroatoms. The molecule has 0 N–H and O–H groups in total. The highest BCUT2D eigenvalue weighted by atomic mass is 16.5. The van der Waals surface area contributed by atoms with E-state index < -0.39 is 0 Å². The van der Waals surface area contributed by atoms with Crippen LogP contribution in [0.2, 0.25) is 0 Å². The van der Waals surface area contributed by atoms with Crippen LogP contribution in [0.25, 0.3) is 0 Å². The minimum absolute atomic E-state index is 0.708. The standard InChI is InChI=1S/C5H9NO/c1-2-6-3-5-7-4-1/h3H,1-2,4-5H2. The van der Waals surface area contributed by atoms with E-state index in [9.17, 15) is 0 Å². The predicted octanol–water partition coefficient (Wildman–Crippen LogP) is 0.478. The molecule has 0 aromatic carbocycles. The fourth-order valence-corrected chi connectivity index (χ4v) is 0.538. The van der Waals surface area contributed by atoms with Gasteiger partial charge in [-0.15, -0.1) is 0 Å². The molecule has 0 aromatic heterocycles. The third-order valence-electron chi connectivity index (χ3n) is 0.897. The molecule has 7 heavy (non-hydrogen) atoms. The number of hydrogen-bond acceptors (Lipinski definition) is 2. The Labute approximate surface area is 43.2 Å². The highest BCUT2D eigenvalue weighted by Gasteiger charge is 1.88. The van der Waals surface area contributed by atoms with Gasteiger partial charge in [-0.2, -0.15) is 0 Å². The van der Waals surface area contributed by atoms with E-state index in [1.54, 1.807) is 0 Å².